The zero-order valence-corrected chi connectivity index (χ0v) is 24.6. The van der Waals surface area contributed by atoms with Crippen LogP contribution in [-0.4, -0.2) is 67.8 Å². The Kier molecular flexibility index (Phi) is 12.9. The first-order valence-corrected chi connectivity index (χ1v) is 13.9. The molecule has 3 rings (SSSR count). The number of hydrogen-bond acceptors (Lipinski definition) is 11. The van der Waals surface area contributed by atoms with Gasteiger partial charge in [-0.3, -0.25) is 19.2 Å². The van der Waals surface area contributed by atoms with E-state index in [0.29, 0.717) is 17.7 Å². The molecule has 12 heteroatoms. The number of hydrogen-bond donors (Lipinski definition) is 0. The van der Waals surface area contributed by atoms with Crippen molar-refractivity contribution in [2.45, 2.75) is 84.3 Å². The lowest BCUT2D eigenvalue weighted by Crippen LogP contribution is -2.63. The minimum absolute atomic E-state index is 0.128. The van der Waals surface area contributed by atoms with Crippen molar-refractivity contribution in [3.8, 4) is 5.75 Å². The van der Waals surface area contributed by atoms with Gasteiger partial charge in [0.15, 0.2) is 24.6 Å². The van der Waals surface area contributed by atoms with E-state index >= 15 is 0 Å². The molecule has 2 aromatic rings. The highest BCUT2D eigenvalue weighted by atomic mass is 19.1. The molecule has 11 nitrogen and oxygen atoms in total. The summed E-state index contributed by atoms with van der Waals surface area (Å²) in [6.45, 7) is 4.69. The summed E-state index contributed by atoms with van der Waals surface area (Å²) in [5.74, 6) is -2.40. The molecule has 1 aliphatic heterocycles. The Morgan fingerprint density at radius 3 is 2.02 bits per heavy atom. The van der Waals surface area contributed by atoms with Crippen LogP contribution < -0.4 is 4.74 Å². The largest absolute Gasteiger partial charge is 0.489 e. The summed E-state index contributed by atoms with van der Waals surface area (Å²) < 4.78 is 52.5. The molecular formula is C31H37FO11. The average Bonchev–Trinajstić information content (AvgIpc) is 2.94. The first kappa shape index (κ1) is 33.5. The Bertz CT molecular complexity index is 1230. The van der Waals surface area contributed by atoms with E-state index < -0.39 is 54.6 Å². The highest BCUT2D eigenvalue weighted by Crippen LogP contribution is 2.30. The van der Waals surface area contributed by atoms with Gasteiger partial charge in [0.25, 0.3) is 0 Å². The van der Waals surface area contributed by atoms with Crippen molar-refractivity contribution in [2.75, 3.05) is 13.2 Å². The van der Waals surface area contributed by atoms with Crippen LogP contribution in [0.1, 0.15) is 51.7 Å². The molecule has 1 saturated heterocycles. The van der Waals surface area contributed by atoms with E-state index in [9.17, 15) is 23.6 Å². The van der Waals surface area contributed by atoms with Gasteiger partial charge in [0.2, 0.25) is 0 Å². The van der Waals surface area contributed by atoms with Crippen LogP contribution in [0.3, 0.4) is 0 Å². The third-order valence-electron chi connectivity index (χ3n) is 6.37. The Balaban J connectivity index is 1.58. The van der Waals surface area contributed by atoms with Crippen LogP contribution in [0, 0.1) is 5.82 Å². The summed E-state index contributed by atoms with van der Waals surface area (Å²) in [6.07, 6.45) is -3.96. The molecule has 0 aromatic heterocycles. The molecular weight excluding hydrogens is 567 g/mol. The van der Waals surface area contributed by atoms with Crippen LogP contribution >= 0.6 is 0 Å². The maximum absolute atomic E-state index is 13.8. The third kappa shape index (κ3) is 11.0. The number of esters is 4. The molecule has 0 aliphatic carbocycles. The number of carbonyl (C=O) groups is 4. The lowest BCUT2D eigenvalue weighted by molar-refractivity contribution is -0.308. The van der Waals surface area contributed by atoms with Gasteiger partial charge >= 0.3 is 23.9 Å². The van der Waals surface area contributed by atoms with Crippen molar-refractivity contribution in [2.24, 2.45) is 0 Å². The molecule has 0 saturated carbocycles. The molecule has 234 valence electrons. The summed E-state index contributed by atoms with van der Waals surface area (Å²) in [5, 5.41) is 0. The molecule has 0 radical (unpaired) electrons. The smallest absolute Gasteiger partial charge is 0.303 e. The van der Waals surface area contributed by atoms with Gasteiger partial charge in [-0.05, 0) is 43.0 Å². The van der Waals surface area contributed by atoms with E-state index in [0.717, 1.165) is 32.3 Å². The fourth-order valence-corrected chi connectivity index (χ4v) is 4.48. The predicted molar refractivity (Wildman–Crippen MR) is 148 cm³/mol. The highest BCUT2D eigenvalue weighted by Gasteiger charge is 2.52. The summed E-state index contributed by atoms with van der Waals surface area (Å²) in [5.41, 5.74) is 1.54. The second-order valence-electron chi connectivity index (χ2n) is 9.92. The summed E-state index contributed by atoms with van der Waals surface area (Å²) in [4.78, 5) is 47.1. The zero-order valence-electron chi connectivity index (χ0n) is 24.6. The minimum atomic E-state index is -1.27. The number of rotatable bonds is 14. The van der Waals surface area contributed by atoms with Crippen molar-refractivity contribution < 1.29 is 56.7 Å². The molecule has 0 amide bonds. The zero-order chi connectivity index (χ0) is 31.4. The quantitative estimate of drug-likeness (QED) is 0.177. The molecule has 2 aromatic carbocycles. The van der Waals surface area contributed by atoms with Gasteiger partial charge < -0.3 is 33.2 Å². The molecule has 5 atom stereocenters. The van der Waals surface area contributed by atoms with Crippen molar-refractivity contribution in [1.29, 1.82) is 0 Å². The number of ether oxygens (including phenoxy) is 7. The first-order valence-electron chi connectivity index (χ1n) is 13.9. The number of benzene rings is 2. The van der Waals surface area contributed by atoms with Crippen molar-refractivity contribution >= 4 is 23.9 Å². The van der Waals surface area contributed by atoms with E-state index in [1.807, 2.05) is 24.3 Å². The number of unbranched alkanes of at least 4 members (excludes halogenated alkanes) is 1. The van der Waals surface area contributed by atoms with Gasteiger partial charge in [-0.25, -0.2) is 4.39 Å². The fraction of sp³-hybridized carbons (Fsp3) is 0.484. The van der Waals surface area contributed by atoms with Crippen molar-refractivity contribution in [1.82, 2.24) is 0 Å². The SMILES string of the molecule is CC(=O)OCC1OC(OCCCCc2ccc(OCc3ccccc3F)cc2)C(OC(C)=O)C(OC(C)=O)C1OC(C)=O. The molecule has 0 bridgehead atoms. The lowest BCUT2D eigenvalue weighted by atomic mass is 9.98. The van der Waals surface area contributed by atoms with Crippen molar-refractivity contribution in [3.05, 3.63) is 65.5 Å². The van der Waals surface area contributed by atoms with Crippen LogP contribution in [0.25, 0.3) is 0 Å². The number of carbonyl (C=O) groups excluding carboxylic acids is 4. The van der Waals surface area contributed by atoms with Crippen LogP contribution in [-0.2, 0) is 60.6 Å². The average molecular weight is 605 g/mol. The topological polar surface area (TPSA) is 133 Å². The van der Waals surface area contributed by atoms with Crippen LogP contribution in [0.5, 0.6) is 5.75 Å². The van der Waals surface area contributed by atoms with Crippen LogP contribution in [0.15, 0.2) is 48.5 Å². The van der Waals surface area contributed by atoms with Gasteiger partial charge in [0, 0.05) is 39.9 Å². The second-order valence-corrected chi connectivity index (χ2v) is 9.92. The molecule has 5 unspecified atom stereocenters. The fourth-order valence-electron chi connectivity index (χ4n) is 4.48. The van der Waals surface area contributed by atoms with Crippen LogP contribution in [0.2, 0.25) is 0 Å². The maximum atomic E-state index is 13.8. The van der Waals surface area contributed by atoms with E-state index in [4.69, 9.17) is 33.2 Å². The van der Waals surface area contributed by atoms with Gasteiger partial charge in [-0.2, -0.15) is 0 Å². The molecule has 43 heavy (non-hydrogen) atoms. The Morgan fingerprint density at radius 2 is 1.40 bits per heavy atom. The molecule has 0 N–H and O–H groups in total. The predicted octanol–water partition coefficient (Wildman–Crippen LogP) is 3.83. The molecule has 1 aliphatic rings. The number of halogens is 1. The maximum Gasteiger partial charge on any atom is 0.303 e. The second kappa shape index (κ2) is 16.6. The summed E-state index contributed by atoms with van der Waals surface area (Å²) in [6, 6.07) is 13.9. The van der Waals surface area contributed by atoms with Crippen molar-refractivity contribution in [3.63, 3.8) is 0 Å². The first-order chi connectivity index (χ1) is 20.5. The highest BCUT2D eigenvalue weighted by molar-refractivity contribution is 5.68. The van der Waals surface area contributed by atoms with Crippen LogP contribution in [0.4, 0.5) is 4.39 Å². The van der Waals surface area contributed by atoms with Gasteiger partial charge in [-0.15, -0.1) is 0 Å². The normalized spacial score (nSPS) is 21.4. The monoisotopic (exact) mass is 604 g/mol. The molecule has 1 heterocycles. The Morgan fingerprint density at radius 1 is 0.767 bits per heavy atom. The molecule has 1 fully saturated rings. The van der Waals surface area contributed by atoms with Gasteiger partial charge in [0.1, 0.15) is 30.9 Å². The van der Waals surface area contributed by atoms with Gasteiger partial charge in [0.05, 0.1) is 0 Å². The lowest BCUT2D eigenvalue weighted by Gasteiger charge is -2.44. The minimum Gasteiger partial charge on any atom is -0.489 e. The summed E-state index contributed by atoms with van der Waals surface area (Å²) in [7, 11) is 0. The Hall–Kier alpha value is -4.03. The van der Waals surface area contributed by atoms with E-state index in [-0.39, 0.29) is 25.6 Å². The van der Waals surface area contributed by atoms with Gasteiger partial charge in [-0.1, -0.05) is 30.3 Å². The van der Waals surface area contributed by atoms with E-state index in [1.165, 1.54) is 19.9 Å². The number of aryl methyl sites for hydroxylation is 1. The van der Waals surface area contributed by atoms with E-state index in [2.05, 4.69) is 0 Å². The van der Waals surface area contributed by atoms with E-state index in [1.54, 1.807) is 18.2 Å². The molecule has 0 spiro atoms. The summed E-state index contributed by atoms with van der Waals surface area (Å²) >= 11 is 0. The standard InChI is InChI=1S/C31H37FO11/c1-19(33)38-18-27-28(40-20(2)34)29(41-21(3)35)30(42-22(4)36)31(43-27)37-16-8-7-9-23-12-14-25(15-13-23)39-17-24-10-5-6-11-26(24)32/h5-6,10-15,27-31H,7-9,16-18H2,1-4H3. The third-order valence-corrected chi connectivity index (χ3v) is 6.37. The Labute approximate surface area is 249 Å².